The number of fused-ring (bicyclic) bond motifs is 1. The van der Waals surface area contributed by atoms with Crippen molar-refractivity contribution in [2.75, 3.05) is 44.7 Å². The SMILES string of the molecule is C/C=C\C.C=CC(=O)N1CCN(c2nc(OC)nc3c2CCN(/C(=C/C(O)=C\C)c2ccccc2)C3)CC1.CC. The number of ether oxygens (including phenoxy) is 1. The summed E-state index contributed by atoms with van der Waals surface area (Å²) in [5, 5.41) is 10.3. The molecule has 8 nitrogen and oxygen atoms in total. The number of carbonyl (C=O) groups is 1. The average Bonchev–Trinajstić information content (AvgIpc) is 3.03. The van der Waals surface area contributed by atoms with Crippen LogP contribution >= 0.6 is 0 Å². The Balaban J connectivity index is 0.000000858. The Hall–Kier alpha value is -4.07. The maximum absolute atomic E-state index is 12.0. The molecule has 8 heteroatoms. The molecule has 1 aromatic carbocycles. The second kappa shape index (κ2) is 16.8. The van der Waals surface area contributed by atoms with E-state index in [1.165, 1.54) is 6.08 Å². The minimum absolute atomic E-state index is 0.0396. The first kappa shape index (κ1) is 32.1. The second-order valence-electron chi connectivity index (χ2n) is 8.92. The predicted octanol–water partition coefficient (Wildman–Crippen LogP) is 5.79. The van der Waals surface area contributed by atoms with Crippen molar-refractivity contribution in [1.82, 2.24) is 19.8 Å². The monoisotopic (exact) mass is 547 g/mol. The molecule has 2 aliphatic heterocycles. The van der Waals surface area contributed by atoms with Crippen LogP contribution in [0.15, 0.2) is 73.1 Å². The topological polar surface area (TPSA) is 82.0 Å². The molecule has 0 unspecified atom stereocenters. The molecule has 1 aromatic heterocycles. The number of carbonyl (C=O) groups excluding carboxylic acids is 1. The number of benzene rings is 1. The van der Waals surface area contributed by atoms with Gasteiger partial charge in [-0.15, -0.1) is 0 Å². The van der Waals surface area contributed by atoms with Crippen molar-refractivity contribution in [3.63, 3.8) is 0 Å². The van der Waals surface area contributed by atoms with Gasteiger partial charge in [-0.05, 0) is 44.9 Å². The number of hydrogen-bond donors (Lipinski definition) is 1. The molecule has 1 saturated heterocycles. The molecule has 0 spiro atoms. The highest BCUT2D eigenvalue weighted by Gasteiger charge is 2.29. The Kier molecular flexibility index (Phi) is 13.5. The number of amides is 1. The first-order chi connectivity index (χ1) is 19.4. The summed E-state index contributed by atoms with van der Waals surface area (Å²) in [6.07, 6.45) is 9.61. The molecule has 1 amide bonds. The Bertz CT molecular complexity index is 1180. The van der Waals surface area contributed by atoms with Crippen LogP contribution in [-0.2, 0) is 17.8 Å². The average molecular weight is 548 g/mol. The number of methoxy groups -OCH3 is 1. The molecule has 3 heterocycles. The smallest absolute Gasteiger partial charge is 0.318 e. The quantitative estimate of drug-likeness (QED) is 0.212. The fraction of sp³-hybridized carbons (Fsp3) is 0.406. The van der Waals surface area contributed by atoms with Gasteiger partial charge in [-0.1, -0.05) is 62.9 Å². The van der Waals surface area contributed by atoms with Crippen molar-refractivity contribution in [2.45, 2.75) is 47.6 Å². The van der Waals surface area contributed by atoms with Crippen molar-refractivity contribution >= 4 is 17.4 Å². The third kappa shape index (κ3) is 8.46. The van der Waals surface area contributed by atoms with Crippen molar-refractivity contribution in [3.8, 4) is 6.01 Å². The number of aromatic nitrogens is 2. The van der Waals surface area contributed by atoms with Gasteiger partial charge < -0.3 is 24.5 Å². The van der Waals surface area contributed by atoms with Gasteiger partial charge in [0.25, 0.3) is 0 Å². The summed E-state index contributed by atoms with van der Waals surface area (Å²) >= 11 is 0. The molecule has 4 rings (SSSR count). The van der Waals surface area contributed by atoms with E-state index < -0.39 is 0 Å². The molecule has 0 atom stereocenters. The van der Waals surface area contributed by atoms with E-state index in [0.29, 0.717) is 38.7 Å². The summed E-state index contributed by atoms with van der Waals surface area (Å²) in [6.45, 7) is 17.4. The molecule has 216 valence electrons. The third-order valence-corrected chi connectivity index (χ3v) is 6.59. The number of hydrogen-bond acceptors (Lipinski definition) is 7. The van der Waals surface area contributed by atoms with E-state index in [0.717, 1.165) is 41.3 Å². The molecule has 0 saturated carbocycles. The van der Waals surface area contributed by atoms with E-state index in [-0.39, 0.29) is 11.7 Å². The number of aliphatic hydroxyl groups excluding tert-OH is 1. The largest absolute Gasteiger partial charge is 0.508 e. The molecule has 2 aromatic rings. The first-order valence-electron chi connectivity index (χ1n) is 14.0. The highest BCUT2D eigenvalue weighted by Crippen LogP contribution is 2.33. The molecular weight excluding hydrogens is 502 g/mol. The van der Waals surface area contributed by atoms with Crippen LogP contribution in [0.3, 0.4) is 0 Å². The van der Waals surface area contributed by atoms with Gasteiger partial charge in [-0.3, -0.25) is 4.79 Å². The summed E-state index contributed by atoms with van der Waals surface area (Å²) in [4.78, 5) is 27.6. The Morgan fingerprint density at radius 3 is 2.17 bits per heavy atom. The van der Waals surface area contributed by atoms with Gasteiger partial charge in [0, 0.05) is 50.1 Å². The van der Waals surface area contributed by atoms with Crippen molar-refractivity contribution in [1.29, 1.82) is 0 Å². The van der Waals surface area contributed by atoms with Crippen LogP contribution in [0.4, 0.5) is 5.82 Å². The van der Waals surface area contributed by atoms with Gasteiger partial charge in [-0.2, -0.15) is 9.97 Å². The van der Waals surface area contributed by atoms with E-state index in [9.17, 15) is 9.90 Å². The number of piperazine rings is 1. The van der Waals surface area contributed by atoms with E-state index in [4.69, 9.17) is 9.72 Å². The maximum atomic E-state index is 12.0. The summed E-state index contributed by atoms with van der Waals surface area (Å²) < 4.78 is 5.44. The Morgan fingerprint density at radius 2 is 1.62 bits per heavy atom. The number of aliphatic hydroxyl groups is 1. The van der Waals surface area contributed by atoms with Crippen molar-refractivity contribution in [2.24, 2.45) is 0 Å². The Labute approximate surface area is 240 Å². The zero-order chi connectivity index (χ0) is 29.5. The number of nitrogens with zero attached hydrogens (tertiary/aromatic N) is 5. The van der Waals surface area contributed by atoms with Crippen LogP contribution in [0, 0.1) is 0 Å². The number of rotatable bonds is 6. The van der Waals surface area contributed by atoms with Crippen LogP contribution in [0.5, 0.6) is 6.01 Å². The zero-order valence-electron chi connectivity index (χ0n) is 24.9. The summed E-state index contributed by atoms with van der Waals surface area (Å²) in [5.74, 6) is 1.06. The normalized spacial score (nSPS) is 15.4. The van der Waals surface area contributed by atoms with Gasteiger partial charge in [0.15, 0.2) is 0 Å². The van der Waals surface area contributed by atoms with E-state index in [1.807, 2.05) is 77.1 Å². The van der Waals surface area contributed by atoms with E-state index in [2.05, 4.69) is 21.4 Å². The molecule has 40 heavy (non-hydrogen) atoms. The van der Waals surface area contributed by atoms with Crippen LogP contribution in [0.1, 0.15) is 51.4 Å². The minimum atomic E-state index is -0.0396. The maximum Gasteiger partial charge on any atom is 0.318 e. The van der Waals surface area contributed by atoms with Gasteiger partial charge >= 0.3 is 6.01 Å². The third-order valence-electron chi connectivity index (χ3n) is 6.59. The lowest BCUT2D eigenvalue weighted by atomic mass is 10.0. The first-order valence-corrected chi connectivity index (χ1v) is 14.0. The van der Waals surface area contributed by atoms with Crippen LogP contribution in [-0.4, -0.2) is 70.6 Å². The fourth-order valence-electron chi connectivity index (χ4n) is 4.40. The molecule has 1 fully saturated rings. The lowest BCUT2D eigenvalue weighted by Crippen LogP contribution is -2.49. The lowest BCUT2D eigenvalue weighted by molar-refractivity contribution is -0.126. The molecule has 0 radical (unpaired) electrons. The summed E-state index contributed by atoms with van der Waals surface area (Å²) in [6, 6.07) is 10.4. The Morgan fingerprint density at radius 1 is 0.975 bits per heavy atom. The van der Waals surface area contributed by atoms with Crippen LogP contribution in [0.2, 0.25) is 0 Å². The molecule has 2 aliphatic rings. The van der Waals surface area contributed by atoms with Gasteiger partial charge in [0.2, 0.25) is 5.91 Å². The highest BCUT2D eigenvalue weighted by molar-refractivity contribution is 5.87. The fourth-order valence-corrected chi connectivity index (χ4v) is 4.40. The molecular formula is C32H45N5O3. The molecule has 0 aliphatic carbocycles. The van der Waals surface area contributed by atoms with Gasteiger partial charge in [-0.25, -0.2) is 0 Å². The van der Waals surface area contributed by atoms with Crippen LogP contribution < -0.4 is 9.64 Å². The van der Waals surface area contributed by atoms with E-state index >= 15 is 0 Å². The summed E-state index contributed by atoms with van der Waals surface area (Å²) in [5.41, 5.74) is 4.00. The van der Waals surface area contributed by atoms with E-state index in [1.54, 1.807) is 24.2 Å². The van der Waals surface area contributed by atoms with Crippen LogP contribution in [0.25, 0.3) is 5.70 Å². The second-order valence-corrected chi connectivity index (χ2v) is 8.92. The van der Waals surface area contributed by atoms with Gasteiger partial charge in [0.05, 0.1) is 19.3 Å². The standard InChI is InChI=1S/C26H31N5O3.C4H8.C2H6/c1-4-20(32)17-23(19-9-7-6-8-10-19)31-12-11-21-22(18-31)27-26(34-3)28-25(21)30-15-13-29(14-16-30)24(33)5-2;1-3-4-2;1-2/h4-10,17,32H,2,11-16,18H2,1,3H3;3-4H,1-2H3;1-2H3/b20-4+,23-17+;4-3-;. The molecule has 1 N–H and O–H groups in total. The molecule has 0 bridgehead atoms. The zero-order valence-corrected chi connectivity index (χ0v) is 24.9. The minimum Gasteiger partial charge on any atom is -0.508 e. The number of anilines is 1. The highest BCUT2D eigenvalue weighted by atomic mass is 16.5. The predicted molar refractivity (Wildman–Crippen MR) is 164 cm³/mol. The summed E-state index contributed by atoms with van der Waals surface area (Å²) in [7, 11) is 1.58. The lowest BCUT2D eigenvalue weighted by Gasteiger charge is -2.38. The number of allylic oxidation sites excluding steroid dienone is 4. The van der Waals surface area contributed by atoms with Crippen molar-refractivity contribution < 1.29 is 14.6 Å². The van der Waals surface area contributed by atoms with Crippen molar-refractivity contribution in [3.05, 3.63) is 89.9 Å². The van der Waals surface area contributed by atoms with Gasteiger partial charge in [0.1, 0.15) is 11.6 Å².